The molecule has 0 aliphatic carbocycles. The summed E-state index contributed by atoms with van der Waals surface area (Å²) < 4.78 is 10.9. The number of furan rings is 1. The second-order valence-electron chi connectivity index (χ2n) is 3.22. The van der Waals surface area contributed by atoms with Crippen molar-refractivity contribution in [2.75, 3.05) is 6.61 Å². The first-order valence-electron chi connectivity index (χ1n) is 4.89. The quantitative estimate of drug-likeness (QED) is 0.642. The van der Waals surface area contributed by atoms with Crippen molar-refractivity contribution in [2.24, 2.45) is 0 Å². The van der Waals surface area contributed by atoms with E-state index in [1.165, 1.54) is 0 Å². The van der Waals surface area contributed by atoms with Gasteiger partial charge in [0, 0.05) is 5.56 Å². The van der Waals surface area contributed by atoms with E-state index >= 15 is 0 Å². The molecule has 0 atom stereocenters. The van der Waals surface area contributed by atoms with E-state index in [9.17, 15) is 4.79 Å². The Hall–Kier alpha value is -1.36. The summed E-state index contributed by atoms with van der Waals surface area (Å²) >= 11 is 3.28. The van der Waals surface area contributed by atoms with Crippen molar-refractivity contribution < 1.29 is 13.9 Å². The zero-order valence-electron chi connectivity index (χ0n) is 8.70. The second kappa shape index (κ2) is 4.65. The van der Waals surface area contributed by atoms with Crippen molar-refractivity contribution in [3.05, 3.63) is 28.6 Å². The first kappa shape index (κ1) is 11.1. The topological polar surface area (TPSA) is 52.3 Å². The average molecular weight is 284 g/mol. The number of halogens is 1. The molecule has 4 nitrogen and oxygen atoms in total. The number of aromatic nitrogens is 1. The molecule has 0 N–H and O–H groups in total. The third-order valence-corrected chi connectivity index (χ3v) is 2.54. The number of ether oxygens (including phenoxy) is 1. The molecule has 0 saturated carbocycles. The van der Waals surface area contributed by atoms with Crippen LogP contribution in [0.2, 0.25) is 0 Å². The van der Waals surface area contributed by atoms with Crippen LogP contribution in [0.5, 0.6) is 0 Å². The van der Waals surface area contributed by atoms with Gasteiger partial charge in [0.05, 0.1) is 19.3 Å². The number of nitrogens with zero attached hydrogens (tertiary/aromatic N) is 1. The number of pyridine rings is 1. The number of fused-ring (bicyclic) bond motifs is 1. The summed E-state index contributed by atoms with van der Waals surface area (Å²) in [6, 6.07) is 3.60. The molecule has 16 heavy (non-hydrogen) atoms. The first-order chi connectivity index (χ1) is 7.70. The summed E-state index contributed by atoms with van der Waals surface area (Å²) in [5.74, 6) is -0.271. The van der Waals surface area contributed by atoms with Gasteiger partial charge in [0.15, 0.2) is 5.58 Å². The van der Waals surface area contributed by atoms with E-state index in [4.69, 9.17) is 9.15 Å². The highest BCUT2D eigenvalue weighted by Gasteiger charge is 2.12. The highest BCUT2D eigenvalue weighted by atomic mass is 79.9. The molecule has 0 unspecified atom stereocenters. The molecule has 0 fully saturated rings. The van der Waals surface area contributed by atoms with E-state index in [2.05, 4.69) is 20.9 Å². The molecule has 0 spiro atoms. The number of carbonyl (C=O) groups excluding carboxylic acids is 1. The lowest BCUT2D eigenvalue weighted by Crippen LogP contribution is -2.07. The standard InChI is InChI=1S/C11H10BrNO3/c1-2-15-10(14)5-7-6-16-8-3-4-9(12)13-11(7)8/h3-4,6H,2,5H2,1H3. The predicted octanol–water partition coefficient (Wildman–Crippen LogP) is 2.70. The van der Waals surface area contributed by atoms with Gasteiger partial charge in [-0.3, -0.25) is 4.79 Å². The molecule has 2 heterocycles. The Morgan fingerprint density at radius 3 is 3.12 bits per heavy atom. The van der Waals surface area contributed by atoms with Crippen molar-refractivity contribution in [1.29, 1.82) is 0 Å². The van der Waals surface area contributed by atoms with Crippen LogP contribution in [0, 0.1) is 0 Å². The molecule has 0 aliphatic rings. The Bertz CT molecular complexity index is 521. The monoisotopic (exact) mass is 283 g/mol. The lowest BCUT2D eigenvalue weighted by molar-refractivity contribution is -0.142. The molecule has 0 aliphatic heterocycles. The Labute approximate surface area is 101 Å². The van der Waals surface area contributed by atoms with Crippen LogP contribution in [0.25, 0.3) is 11.1 Å². The minimum atomic E-state index is -0.271. The number of esters is 1. The Morgan fingerprint density at radius 1 is 1.56 bits per heavy atom. The van der Waals surface area contributed by atoms with E-state index in [-0.39, 0.29) is 12.4 Å². The summed E-state index contributed by atoms with van der Waals surface area (Å²) in [6.07, 6.45) is 1.73. The van der Waals surface area contributed by atoms with Gasteiger partial charge in [0.1, 0.15) is 10.1 Å². The first-order valence-corrected chi connectivity index (χ1v) is 5.68. The van der Waals surface area contributed by atoms with Gasteiger partial charge in [0.25, 0.3) is 0 Å². The van der Waals surface area contributed by atoms with Crippen molar-refractivity contribution in [2.45, 2.75) is 13.3 Å². The van der Waals surface area contributed by atoms with E-state index in [1.807, 2.05) is 0 Å². The fourth-order valence-electron chi connectivity index (χ4n) is 1.43. The maximum Gasteiger partial charge on any atom is 0.310 e. The highest BCUT2D eigenvalue weighted by Crippen LogP contribution is 2.22. The van der Waals surface area contributed by atoms with Crippen LogP contribution in [-0.2, 0) is 16.0 Å². The van der Waals surface area contributed by atoms with E-state index in [0.717, 1.165) is 5.56 Å². The molecule has 0 bridgehead atoms. The van der Waals surface area contributed by atoms with Gasteiger partial charge in [0.2, 0.25) is 0 Å². The molecule has 2 rings (SSSR count). The van der Waals surface area contributed by atoms with Crippen molar-refractivity contribution in [3.63, 3.8) is 0 Å². The van der Waals surface area contributed by atoms with Gasteiger partial charge < -0.3 is 9.15 Å². The lowest BCUT2D eigenvalue weighted by atomic mass is 10.2. The molecule has 0 radical (unpaired) electrons. The number of carbonyl (C=O) groups is 1. The smallest absolute Gasteiger partial charge is 0.310 e. The number of hydrogen-bond acceptors (Lipinski definition) is 4. The van der Waals surface area contributed by atoms with Crippen LogP contribution in [0.1, 0.15) is 12.5 Å². The normalized spacial score (nSPS) is 10.6. The largest absolute Gasteiger partial charge is 0.466 e. The number of rotatable bonds is 3. The zero-order chi connectivity index (χ0) is 11.5. The molecule has 2 aromatic heterocycles. The summed E-state index contributed by atoms with van der Waals surface area (Å²) in [7, 11) is 0. The van der Waals surface area contributed by atoms with Gasteiger partial charge >= 0.3 is 5.97 Å². The van der Waals surface area contributed by atoms with Gasteiger partial charge in [-0.25, -0.2) is 4.98 Å². The molecular formula is C11H10BrNO3. The SMILES string of the molecule is CCOC(=O)Cc1coc2ccc(Br)nc12. The van der Waals surface area contributed by atoms with E-state index < -0.39 is 0 Å². The summed E-state index contributed by atoms with van der Waals surface area (Å²) in [6.45, 7) is 2.16. The molecule has 84 valence electrons. The minimum absolute atomic E-state index is 0.185. The Balaban J connectivity index is 2.30. The molecule has 0 saturated heterocycles. The lowest BCUT2D eigenvalue weighted by Gasteiger charge is -1.99. The van der Waals surface area contributed by atoms with Gasteiger partial charge in [-0.05, 0) is 35.0 Å². The van der Waals surface area contributed by atoms with Crippen LogP contribution in [-0.4, -0.2) is 17.6 Å². The summed E-state index contributed by atoms with van der Waals surface area (Å²) in [5.41, 5.74) is 2.11. The van der Waals surface area contributed by atoms with Gasteiger partial charge in [-0.2, -0.15) is 0 Å². The van der Waals surface area contributed by atoms with Gasteiger partial charge in [-0.15, -0.1) is 0 Å². The van der Waals surface area contributed by atoms with Crippen LogP contribution >= 0.6 is 15.9 Å². The molecule has 0 aromatic carbocycles. The van der Waals surface area contributed by atoms with E-state index in [0.29, 0.717) is 22.3 Å². The van der Waals surface area contributed by atoms with Crippen LogP contribution in [0.4, 0.5) is 0 Å². The minimum Gasteiger partial charge on any atom is -0.466 e. The molecule has 0 amide bonds. The number of hydrogen-bond donors (Lipinski definition) is 0. The van der Waals surface area contributed by atoms with Crippen molar-refractivity contribution in [1.82, 2.24) is 4.98 Å². The highest BCUT2D eigenvalue weighted by molar-refractivity contribution is 9.10. The fourth-order valence-corrected chi connectivity index (χ4v) is 1.74. The third kappa shape index (κ3) is 2.24. The zero-order valence-corrected chi connectivity index (χ0v) is 10.3. The third-order valence-electron chi connectivity index (χ3n) is 2.10. The summed E-state index contributed by atoms with van der Waals surface area (Å²) in [5, 5.41) is 0. The van der Waals surface area contributed by atoms with Crippen molar-refractivity contribution in [3.8, 4) is 0 Å². The maximum atomic E-state index is 11.3. The van der Waals surface area contributed by atoms with Crippen LogP contribution < -0.4 is 0 Å². The Kier molecular flexibility index (Phi) is 3.24. The predicted molar refractivity (Wildman–Crippen MR) is 62.0 cm³/mol. The molecular weight excluding hydrogens is 274 g/mol. The van der Waals surface area contributed by atoms with Crippen molar-refractivity contribution >= 4 is 33.0 Å². The maximum absolute atomic E-state index is 11.3. The fraction of sp³-hybridized carbons (Fsp3) is 0.273. The molecule has 2 aromatic rings. The molecule has 5 heteroatoms. The second-order valence-corrected chi connectivity index (χ2v) is 4.04. The van der Waals surface area contributed by atoms with E-state index in [1.54, 1.807) is 25.3 Å². The summed E-state index contributed by atoms with van der Waals surface area (Å²) in [4.78, 5) is 15.6. The van der Waals surface area contributed by atoms with Gasteiger partial charge in [-0.1, -0.05) is 0 Å². The average Bonchev–Trinajstić information content (AvgIpc) is 2.61. The van der Waals surface area contributed by atoms with Crippen LogP contribution in [0.15, 0.2) is 27.4 Å². The Morgan fingerprint density at radius 2 is 2.38 bits per heavy atom. The van der Waals surface area contributed by atoms with Crippen LogP contribution in [0.3, 0.4) is 0 Å².